The van der Waals surface area contributed by atoms with E-state index in [0.29, 0.717) is 16.3 Å². The Morgan fingerprint density at radius 1 is 1.18 bits per heavy atom. The van der Waals surface area contributed by atoms with Crippen LogP contribution in [0.4, 0.5) is 19.4 Å². The Kier molecular flexibility index (Phi) is 11.1. The minimum Gasteiger partial charge on any atom is -0.447 e. The smallest absolute Gasteiger partial charge is 0.412 e. The molecule has 14 heteroatoms. The Hall–Kier alpha value is -3.91. The number of halogens is 3. The van der Waals surface area contributed by atoms with Gasteiger partial charge < -0.3 is 20.9 Å². The van der Waals surface area contributed by atoms with Crippen LogP contribution in [0, 0.1) is 11.6 Å². The maximum atomic E-state index is 13.9. The molecule has 0 aliphatic heterocycles. The Morgan fingerprint density at radius 3 is 2.67 bits per heavy atom. The van der Waals surface area contributed by atoms with Crippen molar-refractivity contribution in [1.82, 2.24) is 20.7 Å². The number of aliphatic hydroxyl groups is 1. The predicted molar refractivity (Wildman–Crippen MR) is 144 cm³/mol. The molecule has 0 aliphatic carbocycles. The monoisotopic (exact) mass is 578 g/mol. The highest BCUT2D eigenvalue weighted by Gasteiger charge is 2.26. The van der Waals surface area contributed by atoms with E-state index in [2.05, 4.69) is 21.0 Å². The van der Waals surface area contributed by atoms with Crippen LogP contribution in [0.2, 0.25) is 5.02 Å². The van der Waals surface area contributed by atoms with Crippen LogP contribution >= 0.6 is 11.6 Å². The first-order chi connectivity index (χ1) is 19.1. The van der Waals surface area contributed by atoms with Crippen LogP contribution in [0.15, 0.2) is 48.7 Å². The number of hydrazine groups is 1. The van der Waals surface area contributed by atoms with Crippen LogP contribution in [0.5, 0.6) is 0 Å². The zero-order valence-electron chi connectivity index (χ0n) is 21.5. The third kappa shape index (κ3) is 8.81. The summed E-state index contributed by atoms with van der Waals surface area (Å²) in [6, 6.07) is 8.07. The Labute approximate surface area is 233 Å². The van der Waals surface area contributed by atoms with E-state index in [9.17, 15) is 23.2 Å². The third-order valence-electron chi connectivity index (χ3n) is 5.71. The van der Waals surface area contributed by atoms with Crippen LogP contribution in [0.25, 0.3) is 10.8 Å². The number of aliphatic hydroxyl groups excluding tert-OH is 1. The van der Waals surface area contributed by atoms with Gasteiger partial charge in [-0.25, -0.2) is 24.0 Å². The number of nitrogens with one attached hydrogen (secondary N) is 3. The molecule has 1 unspecified atom stereocenters. The van der Waals surface area contributed by atoms with Gasteiger partial charge >= 0.3 is 6.09 Å². The molecule has 0 spiro atoms. The summed E-state index contributed by atoms with van der Waals surface area (Å²) in [6.07, 6.45) is 0.198. The molecule has 1 heterocycles. The zero-order valence-corrected chi connectivity index (χ0v) is 22.3. The molecule has 0 bridgehead atoms. The van der Waals surface area contributed by atoms with Crippen molar-refractivity contribution in [3.05, 3.63) is 70.9 Å². The lowest BCUT2D eigenvalue weighted by Crippen LogP contribution is -2.52. The zero-order chi connectivity index (χ0) is 29.2. The molecule has 0 saturated carbocycles. The van der Waals surface area contributed by atoms with Gasteiger partial charge in [0.05, 0.1) is 24.1 Å². The molecule has 0 fully saturated rings. The van der Waals surface area contributed by atoms with E-state index in [1.807, 2.05) is 0 Å². The minimum absolute atomic E-state index is 0.0238. The molecule has 2 atom stereocenters. The average Bonchev–Trinajstić information content (AvgIpc) is 2.92. The number of hydrogen-bond acceptors (Lipinski definition) is 8. The maximum Gasteiger partial charge on any atom is 0.412 e. The number of nitrogens with two attached hydrogens (primary N) is 1. The molecule has 3 amide bonds. The fourth-order valence-electron chi connectivity index (χ4n) is 3.67. The molecule has 0 saturated heterocycles. The molecule has 3 rings (SSSR count). The molecule has 11 nitrogen and oxygen atoms in total. The number of anilines is 1. The van der Waals surface area contributed by atoms with E-state index in [4.69, 9.17) is 27.2 Å². The first-order valence-electron chi connectivity index (χ1n) is 12.2. The predicted octanol–water partition coefficient (Wildman–Crippen LogP) is 2.46. The summed E-state index contributed by atoms with van der Waals surface area (Å²) in [7, 11) is 0. The lowest BCUT2D eigenvalue weighted by molar-refractivity contribution is -0.138. The van der Waals surface area contributed by atoms with Crippen LogP contribution in [0.1, 0.15) is 18.9 Å². The molecule has 6 N–H and O–H groups in total. The van der Waals surface area contributed by atoms with E-state index in [1.165, 1.54) is 43.5 Å². The van der Waals surface area contributed by atoms with Gasteiger partial charge in [-0.2, -0.15) is 0 Å². The standard InChI is InChI=1S/C26H29ClF2N6O5/c1-15(37)35(33-11-17-3-2-4-22(29)25(17)27)21(9-24(38)32-12-20(30)13-36)14-40-26(39)34-23-8-18-7-19(28)6-5-16(18)10-31-23/h2-8,10,20-21,33,36H,9,11-14,30H2,1H3,(H,32,38)(H,31,34,39)/t20-,21?/m1/s1. The molecule has 214 valence electrons. The van der Waals surface area contributed by atoms with E-state index < -0.39 is 48.2 Å². The lowest BCUT2D eigenvalue weighted by Gasteiger charge is -2.31. The summed E-state index contributed by atoms with van der Waals surface area (Å²) in [5.74, 6) is -2.06. The number of pyridine rings is 1. The van der Waals surface area contributed by atoms with Gasteiger partial charge in [0.15, 0.2) is 0 Å². The van der Waals surface area contributed by atoms with E-state index in [0.717, 1.165) is 5.01 Å². The molecular weight excluding hydrogens is 550 g/mol. The topological polar surface area (TPSA) is 159 Å². The number of carbonyl (C=O) groups excluding carboxylic acids is 3. The van der Waals surface area contributed by atoms with Crippen LogP contribution in [-0.2, 0) is 20.9 Å². The van der Waals surface area contributed by atoms with Gasteiger partial charge in [0.1, 0.15) is 24.1 Å². The summed E-state index contributed by atoms with van der Waals surface area (Å²) in [5, 5.41) is 16.2. The van der Waals surface area contributed by atoms with Gasteiger partial charge in [-0.1, -0.05) is 23.7 Å². The van der Waals surface area contributed by atoms with Crippen LogP contribution in [-0.4, -0.2) is 64.8 Å². The number of rotatable bonds is 12. The molecular formula is C26H29ClF2N6O5. The normalized spacial score (nSPS) is 12.4. The second kappa shape index (κ2) is 14.5. The second-order valence-electron chi connectivity index (χ2n) is 8.83. The van der Waals surface area contributed by atoms with Gasteiger partial charge in [0.2, 0.25) is 11.8 Å². The summed E-state index contributed by atoms with van der Waals surface area (Å²) in [4.78, 5) is 41.7. The number of nitrogens with zero attached hydrogens (tertiary/aromatic N) is 2. The summed E-state index contributed by atoms with van der Waals surface area (Å²) < 4.78 is 32.7. The summed E-state index contributed by atoms with van der Waals surface area (Å²) in [6.45, 7) is 0.345. The summed E-state index contributed by atoms with van der Waals surface area (Å²) in [5.41, 5.74) is 8.79. The number of ether oxygens (including phenoxy) is 1. The molecule has 3 aromatic rings. The molecule has 0 aliphatic rings. The van der Waals surface area contributed by atoms with Gasteiger partial charge in [-0.3, -0.25) is 19.9 Å². The quantitative estimate of drug-likeness (QED) is 0.205. The van der Waals surface area contributed by atoms with Crippen molar-refractivity contribution in [2.75, 3.05) is 25.1 Å². The Balaban J connectivity index is 1.71. The van der Waals surface area contributed by atoms with Crippen molar-refractivity contribution >= 4 is 46.1 Å². The number of aromatic nitrogens is 1. The fraction of sp³-hybridized carbons (Fsp3) is 0.308. The van der Waals surface area contributed by atoms with Gasteiger partial charge in [0.25, 0.3) is 0 Å². The number of amides is 3. The maximum absolute atomic E-state index is 13.9. The van der Waals surface area contributed by atoms with Crippen molar-refractivity contribution in [3.8, 4) is 0 Å². The largest absolute Gasteiger partial charge is 0.447 e. The first-order valence-corrected chi connectivity index (χ1v) is 12.5. The number of carbonyl (C=O) groups is 3. The Morgan fingerprint density at radius 2 is 1.95 bits per heavy atom. The lowest BCUT2D eigenvalue weighted by atomic mass is 10.2. The molecule has 40 heavy (non-hydrogen) atoms. The SMILES string of the molecule is CC(=O)N(NCc1cccc(F)c1Cl)C(COC(=O)Nc1cc2cc(F)ccc2cn1)CC(=O)NC[C@@H](N)CO. The molecule has 2 aromatic carbocycles. The number of fused-ring (bicyclic) bond motifs is 1. The highest BCUT2D eigenvalue weighted by molar-refractivity contribution is 6.31. The van der Waals surface area contributed by atoms with Crippen molar-refractivity contribution in [2.24, 2.45) is 5.73 Å². The highest BCUT2D eigenvalue weighted by Crippen LogP contribution is 2.20. The van der Waals surface area contributed by atoms with E-state index >= 15 is 0 Å². The first kappa shape index (κ1) is 30.6. The Bertz CT molecular complexity index is 1360. The number of hydrogen-bond donors (Lipinski definition) is 5. The second-order valence-corrected chi connectivity index (χ2v) is 9.20. The van der Waals surface area contributed by atoms with E-state index in [-0.39, 0.29) is 37.0 Å². The van der Waals surface area contributed by atoms with Crippen molar-refractivity contribution in [3.63, 3.8) is 0 Å². The van der Waals surface area contributed by atoms with E-state index in [1.54, 1.807) is 12.1 Å². The minimum atomic E-state index is -1.01. The van der Waals surface area contributed by atoms with Crippen molar-refractivity contribution in [2.45, 2.75) is 32.0 Å². The van der Waals surface area contributed by atoms with Crippen LogP contribution in [0.3, 0.4) is 0 Å². The van der Waals surface area contributed by atoms with Gasteiger partial charge in [-0.05, 0) is 41.3 Å². The van der Waals surface area contributed by atoms with Crippen molar-refractivity contribution in [1.29, 1.82) is 0 Å². The number of benzene rings is 2. The molecule has 1 aromatic heterocycles. The third-order valence-corrected chi connectivity index (χ3v) is 6.14. The van der Waals surface area contributed by atoms with Gasteiger partial charge in [0, 0.05) is 37.6 Å². The average molecular weight is 579 g/mol. The highest BCUT2D eigenvalue weighted by atomic mass is 35.5. The van der Waals surface area contributed by atoms with Crippen molar-refractivity contribution < 1.29 is 33.0 Å². The molecule has 0 radical (unpaired) electrons. The van der Waals surface area contributed by atoms with Crippen LogP contribution < -0.4 is 21.8 Å². The fourth-order valence-corrected chi connectivity index (χ4v) is 3.86. The summed E-state index contributed by atoms with van der Waals surface area (Å²) >= 11 is 6.01. The van der Waals surface area contributed by atoms with Gasteiger partial charge in [-0.15, -0.1) is 0 Å².